The molecule has 9 heteroatoms. The maximum absolute atomic E-state index is 11.9. The average molecular weight is 413 g/mol. The molecule has 0 spiro atoms. The Morgan fingerprint density at radius 1 is 1.04 bits per heavy atom. The van der Waals surface area contributed by atoms with E-state index >= 15 is 0 Å². The summed E-state index contributed by atoms with van der Waals surface area (Å²) >= 11 is 11.8. The molecule has 2 rings (SSSR count). The van der Waals surface area contributed by atoms with Gasteiger partial charge in [-0.1, -0.05) is 23.2 Å². The highest BCUT2D eigenvalue weighted by Gasteiger charge is 2.12. The Morgan fingerprint density at radius 2 is 1.70 bits per heavy atom. The SMILES string of the molecule is COc1cc(OC)c(/C=N/NC(=O)COc2ccc(Cl)cc2Cl)c(OC)c1. The van der Waals surface area contributed by atoms with Crippen molar-refractivity contribution in [2.24, 2.45) is 5.10 Å². The maximum atomic E-state index is 11.9. The number of ether oxygens (including phenoxy) is 4. The summed E-state index contributed by atoms with van der Waals surface area (Å²) in [5, 5.41) is 4.69. The molecule has 27 heavy (non-hydrogen) atoms. The molecule has 0 bridgehead atoms. The van der Waals surface area contributed by atoms with Gasteiger partial charge in [0.2, 0.25) is 0 Å². The summed E-state index contributed by atoms with van der Waals surface area (Å²) in [5.41, 5.74) is 2.90. The topological polar surface area (TPSA) is 78.4 Å². The van der Waals surface area contributed by atoms with Crippen molar-refractivity contribution < 1.29 is 23.7 Å². The van der Waals surface area contributed by atoms with Crippen molar-refractivity contribution >= 4 is 35.3 Å². The Hall–Kier alpha value is -2.64. The average Bonchev–Trinajstić information content (AvgIpc) is 2.67. The monoisotopic (exact) mass is 412 g/mol. The minimum absolute atomic E-state index is 0.268. The Labute approximate surface area is 166 Å². The fourth-order valence-corrected chi connectivity index (χ4v) is 2.56. The minimum atomic E-state index is -0.469. The molecule has 144 valence electrons. The highest BCUT2D eigenvalue weighted by Crippen LogP contribution is 2.32. The smallest absolute Gasteiger partial charge is 0.277 e. The summed E-state index contributed by atoms with van der Waals surface area (Å²) in [6.07, 6.45) is 1.41. The molecule has 0 aromatic heterocycles. The number of nitrogens with zero attached hydrogens (tertiary/aromatic N) is 1. The summed E-state index contributed by atoms with van der Waals surface area (Å²) < 4.78 is 21.1. The van der Waals surface area contributed by atoms with E-state index < -0.39 is 5.91 Å². The molecule has 7 nitrogen and oxygen atoms in total. The Kier molecular flexibility index (Phi) is 7.57. The van der Waals surface area contributed by atoms with Crippen LogP contribution in [0.4, 0.5) is 0 Å². The number of carbonyl (C=O) groups excluding carboxylic acids is 1. The lowest BCUT2D eigenvalue weighted by molar-refractivity contribution is -0.123. The first-order chi connectivity index (χ1) is 13.0. The van der Waals surface area contributed by atoms with Gasteiger partial charge in [0.15, 0.2) is 6.61 Å². The number of carbonyl (C=O) groups is 1. The van der Waals surface area contributed by atoms with Gasteiger partial charge in [0, 0.05) is 17.2 Å². The number of hydrogen-bond acceptors (Lipinski definition) is 6. The molecule has 0 atom stereocenters. The van der Waals surface area contributed by atoms with Crippen LogP contribution in [-0.2, 0) is 4.79 Å². The second-order valence-corrected chi connectivity index (χ2v) is 5.95. The summed E-state index contributed by atoms with van der Waals surface area (Å²) in [4.78, 5) is 11.9. The minimum Gasteiger partial charge on any atom is -0.496 e. The molecule has 0 unspecified atom stereocenters. The number of benzene rings is 2. The number of amides is 1. The van der Waals surface area contributed by atoms with Crippen molar-refractivity contribution in [2.75, 3.05) is 27.9 Å². The first-order valence-corrected chi connectivity index (χ1v) is 8.43. The van der Waals surface area contributed by atoms with Gasteiger partial charge in [0.25, 0.3) is 5.91 Å². The van der Waals surface area contributed by atoms with E-state index in [9.17, 15) is 4.79 Å². The van der Waals surface area contributed by atoms with E-state index in [1.165, 1.54) is 33.6 Å². The zero-order valence-electron chi connectivity index (χ0n) is 14.9. The van der Waals surface area contributed by atoms with Gasteiger partial charge >= 0.3 is 0 Å². The molecular formula is C18H18Cl2N2O5. The number of nitrogens with one attached hydrogen (secondary N) is 1. The molecule has 0 fully saturated rings. The number of halogens is 2. The van der Waals surface area contributed by atoms with E-state index in [-0.39, 0.29) is 6.61 Å². The Balaban J connectivity index is 2.01. The molecule has 1 amide bonds. The molecule has 0 radical (unpaired) electrons. The number of methoxy groups -OCH3 is 3. The second-order valence-electron chi connectivity index (χ2n) is 5.10. The van der Waals surface area contributed by atoms with Gasteiger partial charge in [-0.2, -0.15) is 5.10 Å². The fraction of sp³-hybridized carbons (Fsp3) is 0.222. The van der Waals surface area contributed by atoms with Gasteiger partial charge < -0.3 is 18.9 Å². The van der Waals surface area contributed by atoms with E-state index in [4.69, 9.17) is 42.1 Å². The third-order valence-corrected chi connectivity index (χ3v) is 3.92. The molecule has 0 aliphatic heterocycles. The molecule has 1 N–H and O–H groups in total. The quantitative estimate of drug-likeness (QED) is 0.529. The zero-order valence-corrected chi connectivity index (χ0v) is 16.4. The van der Waals surface area contributed by atoms with Gasteiger partial charge in [-0.05, 0) is 18.2 Å². The highest BCUT2D eigenvalue weighted by molar-refractivity contribution is 6.35. The van der Waals surface area contributed by atoms with E-state index in [2.05, 4.69) is 10.5 Å². The van der Waals surface area contributed by atoms with Gasteiger partial charge in [-0.15, -0.1) is 0 Å². The normalized spacial score (nSPS) is 10.6. The largest absolute Gasteiger partial charge is 0.496 e. The van der Waals surface area contributed by atoms with Gasteiger partial charge in [0.05, 0.1) is 38.1 Å². The van der Waals surface area contributed by atoms with Crippen molar-refractivity contribution in [3.8, 4) is 23.0 Å². The summed E-state index contributed by atoms with van der Waals surface area (Å²) in [7, 11) is 4.55. The van der Waals surface area contributed by atoms with Crippen LogP contribution in [0.25, 0.3) is 0 Å². The molecule has 0 heterocycles. The Bertz CT molecular complexity index is 817. The number of hydrazone groups is 1. The second kappa shape index (κ2) is 9.89. The number of hydrogen-bond donors (Lipinski definition) is 1. The van der Waals surface area contributed by atoms with E-state index in [0.29, 0.717) is 38.6 Å². The van der Waals surface area contributed by atoms with Gasteiger partial charge in [0.1, 0.15) is 23.0 Å². The molecular weight excluding hydrogens is 395 g/mol. The van der Waals surface area contributed by atoms with Crippen molar-refractivity contribution in [1.29, 1.82) is 0 Å². The van der Waals surface area contributed by atoms with Crippen LogP contribution in [0.15, 0.2) is 35.4 Å². The van der Waals surface area contributed by atoms with Gasteiger partial charge in [-0.25, -0.2) is 5.43 Å². The van der Waals surface area contributed by atoms with Crippen LogP contribution in [0.1, 0.15) is 5.56 Å². The molecule has 0 saturated heterocycles. The van der Waals surface area contributed by atoms with Crippen molar-refractivity contribution in [3.05, 3.63) is 45.9 Å². The van der Waals surface area contributed by atoms with Crippen molar-refractivity contribution in [3.63, 3.8) is 0 Å². The maximum Gasteiger partial charge on any atom is 0.277 e. The Morgan fingerprint density at radius 3 is 2.26 bits per heavy atom. The first kappa shape index (κ1) is 20.7. The lowest BCUT2D eigenvalue weighted by atomic mass is 10.2. The highest BCUT2D eigenvalue weighted by atomic mass is 35.5. The fourth-order valence-electron chi connectivity index (χ4n) is 2.10. The first-order valence-electron chi connectivity index (χ1n) is 7.68. The molecule has 0 saturated carbocycles. The number of rotatable bonds is 8. The van der Waals surface area contributed by atoms with Crippen LogP contribution in [0.3, 0.4) is 0 Å². The van der Waals surface area contributed by atoms with E-state index in [1.807, 2.05) is 0 Å². The molecule has 2 aromatic carbocycles. The lowest BCUT2D eigenvalue weighted by Gasteiger charge is -2.12. The van der Waals surface area contributed by atoms with Crippen molar-refractivity contribution in [2.45, 2.75) is 0 Å². The van der Waals surface area contributed by atoms with E-state index in [1.54, 1.807) is 24.3 Å². The van der Waals surface area contributed by atoms with Crippen LogP contribution in [0.2, 0.25) is 10.0 Å². The lowest BCUT2D eigenvalue weighted by Crippen LogP contribution is -2.24. The standard InChI is InChI=1S/C18H18Cl2N2O5/c1-24-12-7-16(25-2)13(17(8-12)26-3)9-21-22-18(23)10-27-15-5-4-11(19)6-14(15)20/h4-9H,10H2,1-3H3,(H,22,23)/b21-9+. The van der Waals surface area contributed by atoms with Crippen LogP contribution >= 0.6 is 23.2 Å². The zero-order chi connectivity index (χ0) is 19.8. The molecule has 0 aliphatic carbocycles. The molecule has 2 aromatic rings. The van der Waals surface area contributed by atoms with Crippen molar-refractivity contribution in [1.82, 2.24) is 5.43 Å². The summed E-state index contributed by atoms with van der Waals surface area (Å²) in [5.74, 6) is 1.40. The summed E-state index contributed by atoms with van der Waals surface area (Å²) in [6, 6.07) is 8.07. The third-order valence-electron chi connectivity index (χ3n) is 3.39. The van der Waals surface area contributed by atoms with Crippen LogP contribution < -0.4 is 24.4 Å². The van der Waals surface area contributed by atoms with E-state index in [0.717, 1.165) is 0 Å². The van der Waals surface area contributed by atoms with Crippen LogP contribution in [-0.4, -0.2) is 40.1 Å². The van der Waals surface area contributed by atoms with Gasteiger partial charge in [-0.3, -0.25) is 4.79 Å². The third kappa shape index (κ3) is 5.67. The van der Waals surface area contributed by atoms with Crippen LogP contribution in [0, 0.1) is 0 Å². The molecule has 0 aliphatic rings. The van der Waals surface area contributed by atoms with Crippen LogP contribution in [0.5, 0.6) is 23.0 Å². The predicted octanol–water partition coefficient (Wildman–Crippen LogP) is 3.55. The summed E-state index contributed by atoms with van der Waals surface area (Å²) in [6.45, 7) is -0.268. The predicted molar refractivity (Wildman–Crippen MR) is 104 cm³/mol.